The van der Waals surface area contributed by atoms with Crippen LogP contribution in [0.3, 0.4) is 0 Å². The quantitative estimate of drug-likeness (QED) is 0.574. The maximum Gasteiger partial charge on any atom is 0.165 e. The molecule has 0 aromatic heterocycles. The van der Waals surface area contributed by atoms with Crippen molar-refractivity contribution in [3.8, 4) is 0 Å². The Balaban J connectivity index is 2.34. The second kappa shape index (κ2) is 3.96. The van der Waals surface area contributed by atoms with Crippen LogP contribution >= 0.6 is 0 Å². The molecule has 0 unspecified atom stereocenters. The Morgan fingerprint density at radius 1 is 1.41 bits per heavy atom. The molecule has 1 aromatic carbocycles. The molecular weight excluding hydrogens is 214 g/mol. The SMILES string of the molecule is CC1=NN(C(=N)c2ccccc2)[C@](C)(O)[C@@H]1C. The number of hydrogen-bond donors (Lipinski definition) is 2. The van der Waals surface area contributed by atoms with Gasteiger partial charge in [0.1, 0.15) is 0 Å². The van der Waals surface area contributed by atoms with Gasteiger partial charge in [0.25, 0.3) is 0 Å². The summed E-state index contributed by atoms with van der Waals surface area (Å²) in [7, 11) is 0. The predicted molar refractivity (Wildman–Crippen MR) is 68.0 cm³/mol. The Bertz CT molecular complexity index is 465. The third kappa shape index (κ3) is 1.85. The van der Waals surface area contributed by atoms with Crippen LogP contribution in [0.25, 0.3) is 0 Å². The Kier molecular flexibility index (Phi) is 2.75. The molecule has 0 amide bonds. The first-order chi connectivity index (χ1) is 7.94. The molecule has 90 valence electrons. The van der Waals surface area contributed by atoms with Crippen LogP contribution in [0.5, 0.6) is 0 Å². The highest BCUT2D eigenvalue weighted by molar-refractivity contribution is 5.99. The van der Waals surface area contributed by atoms with Gasteiger partial charge in [-0.15, -0.1) is 0 Å². The monoisotopic (exact) mass is 231 g/mol. The average molecular weight is 231 g/mol. The fourth-order valence-corrected chi connectivity index (χ4v) is 1.92. The Morgan fingerprint density at radius 3 is 2.47 bits per heavy atom. The second-order valence-electron chi connectivity index (χ2n) is 4.58. The number of hydrazone groups is 1. The third-order valence-corrected chi connectivity index (χ3v) is 3.39. The zero-order valence-electron chi connectivity index (χ0n) is 10.3. The van der Waals surface area contributed by atoms with Crippen molar-refractivity contribution in [3.63, 3.8) is 0 Å². The van der Waals surface area contributed by atoms with Gasteiger partial charge in [-0.05, 0) is 13.8 Å². The highest BCUT2D eigenvalue weighted by Gasteiger charge is 2.43. The van der Waals surface area contributed by atoms with Crippen LogP contribution in [-0.4, -0.2) is 27.4 Å². The van der Waals surface area contributed by atoms with E-state index in [0.29, 0.717) is 0 Å². The Labute approximate surface area is 101 Å². The molecule has 1 aliphatic rings. The summed E-state index contributed by atoms with van der Waals surface area (Å²) in [6.45, 7) is 5.48. The predicted octanol–water partition coefficient (Wildman–Crippen LogP) is 2.05. The minimum Gasteiger partial charge on any atom is -0.369 e. The summed E-state index contributed by atoms with van der Waals surface area (Å²) in [5.74, 6) is 0.144. The summed E-state index contributed by atoms with van der Waals surface area (Å²) >= 11 is 0. The Hall–Kier alpha value is -1.68. The molecular formula is C13H17N3O. The molecule has 2 atom stereocenters. The first kappa shape index (κ1) is 11.8. The van der Waals surface area contributed by atoms with Crippen molar-refractivity contribution < 1.29 is 5.11 Å². The molecule has 17 heavy (non-hydrogen) atoms. The molecule has 2 N–H and O–H groups in total. The largest absolute Gasteiger partial charge is 0.369 e. The van der Waals surface area contributed by atoms with Gasteiger partial charge in [0, 0.05) is 17.2 Å². The zero-order chi connectivity index (χ0) is 12.6. The average Bonchev–Trinajstić information content (AvgIpc) is 2.53. The van der Waals surface area contributed by atoms with Crippen LogP contribution in [0.15, 0.2) is 35.4 Å². The molecule has 0 radical (unpaired) electrons. The van der Waals surface area contributed by atoms with Crippen molar-refractivity contribution in [2.75, 3.05) is 0 Å². The molecule has 0 fully saturated rings. The van der Waals surface area contributed by atoms with Crippen molar-refractivity contribution in [2.45, 2.75) is 26.5 Å². The lowest BCUT2D eigenvalue weighted by Gasteiger charge is -2.32. The number of nitrogens with one attached hydrogen (secondary N) is 1. The Morgan fingerprint density at radius 2 is 2.00 bits per heavy atom. The second-order valence-corrected chi connectivity index (χ2v) is 4.58. The van der Waals surface area contributed by atoms with Gasteiger partial charge in [0.05, 0.1) is 0 Å². The van der Waals surface area contributed by atoms with Crippen LogP contribution < -0.4 is 0 Å². The number of hydrogen-bond acceptors (Lipinski definition) is 3. The lowest BCUT2D eigenvalue weighted by molar-refractivity contribution is -0.0609. The maximum absolute atomic E-state index is 10.4. The lowest BCUT2D eigenvalue weighted by Crippen LogP contribution is -2.47. The summed E-state index contributed by atoms with van der Waals surface area (Å²) in [6, 6.07) is 9.32. The van der Waals surface area contributed by atoms with Crippen molar-refractivity contribution in [2.24, 2.45) is 11.0 Å². The van der Waals surface area contributed by atoms with Gasteiger partial charge in [-0.3, -0.25) is 5.41 Å². The normalized spacial score (nSPS) is 28.1. The van der Waals surface area contributed by atoms with E-state index in [1.807, 2.05) is 44.2 Å². The summed E-state index contributed by atoms with van der Waals surface area (Å²) in [4.78, 5) is 0. The van der Waals surface area contributed by atoms with E-state index < -0.39 is 5.72 Å². The van der Waals surface area contributed by atoms with Crippen molar-refractivity contribution in [1.29, 1.82) is 5.41 Å². The molecule has 0 aliphatic carbocycles. The topological polar surface area (TPSA) is 59.7 Å². The van der Waals surface area contributed by atoms with Crippen LogP contribution in [0, 0.1) is 11.3 Å². The molecule has 4 heteroatoms. The summed E-state index contributed by atoms with van der Waals surface area (Å²) in [6.07, 6.45) is 0. The molecule has 1 aliphatic heterocycles. The van der Waals surface area contributed by atoms with E-state index in [1.165, 1.54) is 5.01 Å². The van der Waals surface area contributed by atoms with Crippen molar-refractivity contribution >= 4 is 11.5 Å². The van der Waals surface area contributed by atoms with Gasteiger partial charge in [-0.1, -0.05) is 37.3 Å². The van der Waals surface area contributed by atoms with Gasteiger partial charge in [-0.2, -0.15) is 5.10 Å². The standard InChI is InChI=1S/C13H17N3O/c1-9-10(2)15-16(13(9,3)17)12(14)11-7-5-4-6-8-11/h4-9,14,17H,1-3H3/t9-,13-/m1/s1. The third-order valence-electron chi connectivity index (χ3n) is 3.39. The maximum atomic E-state index is 10.4. The molecule has 2 rings (SSSR count). The van der Waals surface area contributed by atoms with E-state index in [0.717, 1.165) is 11.3 Å². The molecule has 0 saturated heterocycles. The summed E-state index contributed by atoms with van der Waals surface area (Å²) in [5, 5.41) is 24.2. The van der Waals surface area contributed by atoms with E-state index >= 15 is 0 Å². The van der Waals surface area contributed by atoms with Crippen LogP contribution in [-0.2, 0) is 0 Å². The highest BCUT2D eigenvalue weighted by Crippen LogP contribution is 2.31. The first-order valence-electron chi connectivity index (χ1n) is 5.66. The molecule has 1 heterocycles. The molecule has 0 bridgehead atoms. The number of benzene rings is 1. The van der Waals surface area contributed by atoms with Gasteiger partial charge < -0.3 is 5.11 Å². The van der Waals surface area contributed by atoms with E-state index in [1.54, 1.807) is 6.92 Å². The van der Waals surface area contributed by atoms with Crippen LogP contribution in [0.4, 0.5) is 0 Å². The number of rotatable bonds is 1. The van der Waals surface area contributed by atoms with Gasteiger partial charge in [0.15, 0.2) is 11.6 Å². The van der Waals surface area contributed by atoms with E-state index in [2.05, 4.69) is 5.10 Å². The lowest BCUT2D eigenvalue weighted by atomic mass is 9.96. The first-order valence-corrected chi connectivity index (χ1v) is 5.66. The van der Waals surface area contributed by atoms with Crippen molar-refractivity contribution in [3.05, 3.63) is 35.9 Å². The van der Waals surface area contributed by atoms with Crippen molar-refractivity contribution in [1.82, 2.24) is 5.01 Å². The minimum absolute atomic E-state index is 0.0773. The fraction of sp³-hybridized carbons (Fsp3) is 0.385. The summed E-state index contributed by atoms with van der Waals surface area (Å²) in [5.41, 5.74) is 0.464. The smallest absolute Gasteiger partial charge is 0.165 e. The summed E-state index contributed by atoms with van der Waals surface area (Å²) < 4.78 is 0. The number of amidine groups is 1. The molecule has 0 spiro atoms. The fourth-order valence-electron chi connectivity index (χ4n) is 1.92. The number of aliphatic hydroxyl groups is 1. The van der Waals surface area contributed by atoms with Gasteiger partial charge in [0.2, 0.25) is 0 Å². The van der Waals surface area contributed by atoms with Gasteiger partial charge in [-0.25, -0.2) is 5.01 Å². The van der Waals surface area contributed by atoms with E-state index in [-0.39, 0.29) is 11.8 Å². The van der Waals surface area contributed by atoms with E-state index in [9.17, 15) is 5.11 Å². The molecule has 0 saturated carbocycles. The number of nitrogens with zero attached hydrogens (tertiary/aromatic N) is 2. The minimum atomic E-state index is -1.13. The van der Waals surface area contributed by atoms with Crippen LogP contribution in [0.1, 0.15) is 26.3 Å². The zero-order valence-corrected chi connectivity index (χ0v) is 10.3. The van der Waals surface area contributed by atoms with Gasteiger partial charge >= 0.3 is 0 Å². The molecule has 1 aromatic rings. The molecule has 4 nitrogen and oxygen atoms in total. The van der Waals surface area contributed by atoms with E-state index in [4.69, 9.17) is 5.41 Å². The van der Waals surface area contributed by atoms with Crippen LogP contribution in [0.2, 0.25) is 0 Å². The highest BCUT2D eigenvalue weighted by atomic mass is 16.3.